The zero-order valence-electron chi connectivity index (χ0n) is 12.4. The molecule has 0 atom stereocenters. The summed E-state index contributed by atoms with van der Waals surface area (Å²) in [4.78, 5) is 11.6. The van der Waals surface area contributed by atoms with Crippen LogP contribution in [-0.4, -0.2) is 23.6 Å². The van der Waals surface area contributed by atoms with Crippen molar-refractivity contribution in [2.24, 2.45) is 5.41 Å². The molecule has 0 saturated heterocycles. The molecule has 0 aliphatic heterocycles. The minimum absolute atomic E-state index is 0.445. The standard InChI is InChI=1S/C15H22N4S/c1-4-10-8-11-12(17-9-15(2)6-5-7-15)18-14(16-3)19-13(11)20-10/h8H,4-7,9H2,1-3H3,(H2,16,17,18,19). The molecular formula is C15H22N4S. The second kappa shape index (κ2) is 5.20. The van der Waals surface area contributed by atoms with Crippen LogP contribution in [0.5, 0.6) is 0 Å². The summed E-state index contributed by atoms with van der Waals surface area (Å²) < 4.78 is 0. The van der Waals surface area contributed by atoms with Crippen LogP contribution in [0.3, 0.4) is 0 Å². The summed E-state index contributed by atoms with van der Waals surface area (Å²) in [5.74, 6) is 1.67. The number of anilines is 2. The third kappa shape index (κ3) is 2.46. The SMILES string of the molecule is CCc1cc2c(NCC3(C)CCC3)nc(NC)nc2s1. The summed E-state index contributed by atoms with van der Waals surface area (Å²) in [5.41, 5.74) is 0.445. The molecule has 2 N–H and O–H groups in total. The molecule has 0 radical (unpaired) electrons. The molecule has 3 rings (SSSR count). The van der Waals surface area contributed by atoms with Gasteiger partial charge in [0.1, 0.15) is 10.6 Å². The number of hydrogen-bond acceptors (Lipinski definition) is 5. The summed E-state index contributed by atoms with van der Waals surface area (Å²) in [6.07, 6.45) is 5.04. The average Bonchev–Trinajstić information content (AvgIpc) is 2.85. The molecule has 0 aromatic carbocycles. The summed E-state index contributed by atoms with van der Waals surface area (Å²) >= 11 is 1.76. The smallest absolute Gasteiger partial charge is 0.225 e. The lowest BCUT2D eigenvalue weighted by atomic mass is 9.70. The molecule has 1 fully saturated rings. The van der Waals surface area contributed by atoms with Gasteiger partial charge in [-0.05, 0) is 30.7 Å². The minimum atomic E-state index is 0.445. The van der Waals surface area contributed by atoms with E-state index >= 15 is 0 Å². The van der Waals surface area contributed by atoms with Crippen molar-refractivity contribution in [3.05, 3.63) is 10.9 Å². The Bertz CT molecular complexity index is 616. The Morgan fingerprint density at radius 2 is 2.15 bits per heavy atom. The largest absolute Gasteiger partial charge is 0.369 e. The van der Waals surface area contributed by atoms with Gasteiger partial charge in [-0.15, -0.1) is 11.3 Å². The van der Waals surface area contributed by atoms with Gasteiger partial charge in [-0.1, -0.05) is 20.3 Å². The molecule has 2 aromatic rings. The second-order valence-electron chi connectivity index (χ2n) is 5.95. The normalized spacial score (nSPS) is 16.9. The monoisotopic (exact) mass is 290 g/mol. The number of nitrogens with zero attached hydrogens (tertiary/aromatic N) is 2. The van der Waals surface area contributed by atoms with Crippen LogP contribution in [0.1, 0.15) is 38.0 Å². The van der Waals surface area contributed by atoms with Crippen molar-refractivity contribution in [3.8, 4) is 0 Å². The molecule has 108 valence electrons. The van der Waals surface area contributed by atoms with Crippen molar-refractivity contribution in [1.29, 1.82) is 0 Å². The van der Waals surface area contributed by atoms with Gasteiger partial charge in [0, 0.05) is 18.5 Å². The van der Waals surface area contributed by atoms with E-state index in [1.165, 1.54) is 24.1 Å². The van der Waals surface area contributed by atoms with Crippen LogP contribution in [-0.2, 0) is 6.42 Å². The molecule has 2 aromatic heterocycles. The molecule has 1 saturated carbocycles. The Morgan fingerprint density at radius 1 is 1.35 bits per heavy atom. The zero-order chi connectivity index (χ0) is 14.2. The number of nitrogens with one attached hydrogen (secondary N) is 2. The van der Waals surface area contributed by atoms with Crippen LogP contribution in [0.15, 0.2) is 6.07 Å². The summed E-state index contributed by atoms with van der Waals surface area (Å²) in [7, 11) is 1.87. The number of fused-ring (bicyclic) bond motifs is 1. The lowest BCUT2D eigenvalue weighted by Crippen LogP contribution is -2.33. The van der Waals surface area contributed by atoms with E-state index in [0.717, 1.165) is 29.0 Å². The molecule has 5 heteroatoms. The first-order chi connectivity index (χ1) is 9.63. The number of thiophene rings is 1. The predicted molar refractivity (Wildman–Crippen MR) is 86.8 cm³/mol. The van der Waals surface area contributed by atoms with Crippen LogP contribution in [0.4, 0.5) is 11.8 Å². The Morgan fingerprint density at radius 3 is 2.75 bits per heavy atom. The summed E-state index contributed by atoms with van der Waals surface area (Å²) in [6.45, 7) is 5.53. The predicted octanol–water partition coefficient (Wildman–Crippen LogP) is 3.90. The van der Waals surface area contributed by atoms with Crippen LogP contribution < -0.4 is 10.6 Å². The number of hydrogen-bond donors (Lipinski definition) is 2. The molecule has 4 nitrogen and oxygen atoms in total. The fourth-order valence-corrected chi connectivity index (χ4v) is 3.61. The topological polar surface area (TPSA) is 49.8 Å². The van der Waals surface area contributed by atoms with Crippen molar-refractivity contribution in [2.45, 2.75) is 39.5 Å². The van der Waals surface area contributed by atoms with Gasteiger partial charge in [-0.25, -0.2) is 4.98 Å². The number of aryl methyl sites for hydroxylation is 1. The number of rotatable bonds is 5. The van der Waals surface area contributed by atoms with Crippen molar-refractivity contribution < 1.29 is 0 Å². The Labute approximate surface area is 124 Å². The van der Waals surface area contributed by atoms with Crippen molar-refractivity contribution in [1.82, 2.24) is 9.97 Å². The van der Waals surface area contributed by atoms with E-state index in [2.05, 4.69) is 40.5 Å². The van der Waals surface area contributed by atoms with Gasteiger partial charge in [-0.2, -0.15) is 4.98 Å². The maximum atomic E-state index is 4.60. The molecule has 20 heavy (non-hydrogen) atoms. The van der Waals surface area contributed by atoms with Crippen molar-refractivity contribution in [3.63, 3.8) is 0 Å². The fourth-order valence-electron chi connectivity index (χ4n) is 2.65. The minimum Gasteiger partial charge on any atom is -0.369 e. The molecule has 1 aliphatic carbocycles. The summed E-state index contributed by atoms with van der Waals surface area (Å²) in [5, 5.41) is 7.78. The van der Waals surface area contributed by atoms with Crippen LogP contribution in [0, 0.1) is 5.41 Å². The zero-order valence-corrected chi connectivity index (χ0v) is 13.2. The Hall–Kier alpha value is -1.36. The third-order valence-electron chi connectivity index (χ3n) is 4.26. The highest BCUT2D eigenvalue weighted by atomic mass is 32.1. The Kier molecular flexibility index (Phi) is 3.54. The van der Waals surface area contributed by atoms with Gasteiger partial charge in [0.2, 0.25) is 5.95 Å². The highest BCUT2D eigenvalue weighted by Crippen LogP contribution is 2.40. The first-order valence-electron chi connectivity index (χ1n) is 7.35. The molecule has 0 bridgehead atoms. The molecule has 0 unspecified atom stereocenters. The van der Waals surface area contributed by atoms with Gasteiger partial charge in [-0.3, -0.25) is 0 Å². The maximum Gasteiger partial charge on any atom is 0.225 e. The average molecular weight is 290 g/mol. The molecule has 1 aliphatic rings. The van der Waals surface area contributed by atoms with E-state index in [0.29, 0.717) is 11.4 Å². The van der Waals surface area contributed by atoms with E-state index in [9.17, 15) is 0 Å². The van der Waals surface area contributed by atoms with Crippen molar-refractivity contribution in [2.75, 3.05) is 24.2 Å². The maximum absolute atomic E-state index is 4.60. The van der Waals surface area contributed by atoms with Crippen LogP contribution in [0.25, 0.3) is 10.2 Å². The third-order valence-corrected chi connectivity index (χ3v) is 5.43. The Balaban J connectivity index is 1.92. The molecule has 0 amide bonds. The van der Waals surface area contributed by atoms with Crippen LogP contribution in [0.2, 0.25) is 0 Å². The lowest BCUT2D eigenvalue weighted by Gasteiger charge is -2.38. The first kappa shape index (κ1) is 13.6. The van der Waals surface area contributed by atoms with E-state index in [4.69, 9.17) is 0 Å². The van der Waals surface area contributed by atoms with Gasteiger partial charge in [0.15, 0.2) is 0 Å². The van der Waals surface area contributed by atoms with Gasteiger partial charge >= 0.3 is 0 Å². The lowest BCUT2D eigenvalue weighted by molar-refractivity contribution is 0.180. The highest BCUT2D eigenvalue weighted by molar-refractivity contribution is 7.18. The van der Waals surface area contributed by atoms with Gasteiger partial charge < -0.3 is 10.6 Å². The summed E-state index contributed by atoms with van der Waals surface area (Å²) in [6, 6.07) is 2.23. The van der Waals surface area contributed by atoms with Gasteiger partial charge in [0.05, 0.1) is 5.39 Å². The molecule has 0 spiro atoms. The first-order valence-corrected chi connectivity index (χ1v) is 8.17. The van der Waals surface area contributed by atoms with E-state index in [-0.39, 0.29) is 0 Å². The highest BCUT2D eigenvalue weighted by Gasteiger charge is 2.31. The fraction of sp³-hybridized carbons (Fsp3) is 0.600. The van der Waals surface area contributed by atoms with Crippen molar-refractivity contribution >= 4 is 33.3 Å². The van der Waals surface area contributed by atoms with E-state index < -0.39 is 0 Å². The number of aromatic nitrogens is 2. The quantitative estimate of drug-likeness (QED) is 0.877. The molecular weight excluding hydrogens is 268 g/mol. The van der Waals surface area contributed by atoms with Crippen LogP contribution >= 0.6 is 11.3 Å². The molecule has 2 heterocycles. The second-order valence-corrected chi connectivity index (χ2v) is 7.06. The van der Waals surface area contributed by atoms with Gasteiger partial charge in [0.25, 0.3) is 0 Å². The van der Waals surface area contributed by atoms with E-state index in [1.807, 2.05) is 7.05 Å². The van der Waals surface area contributed by atoms with E-state index in [1.54, 1.807) is 11.3 Å².